The number of ether oxygens (including phenoxy) is 1. The molecule has 1 aliphatic rings. The van der Waals surface area contributed by atoms with Crippen molar-refractivity contribution in [3.8, 4) is 0 Å². The molecule has 2 heterocycles. The summed E-state index contributed by atoms with van der Waals surface area (Å²) in [7, 11) is 0. The minimum Gasteiger partial charge on any atom is -0.459 e. The van der Waals surface area contributed by atoms with Crippen LogP contribution in [-0.2, 0) is 22.7 Å². The second kappa shape index (κ2) is 5.55. The van der Waals surface area contributed by atoms with Gasteiger partial charge < -0.3 is 10.1 Å². The molecule has 0 radical (unpaired) electrons. The van der Waals surface area contributed by atoms with Gasteiger partial charge in [-0.25, -0.2) is 0 Å². The summed E-state index contributed by atoms with van der Waals surface area (Å²) in [6.45, 7) is 1.85. The van der Waals surface area contributed by atoms with Crippen molar-refractivity contribution in [1.82, 2.24) is 5.32 Å². The average Bonchev–Trinajstić information content (AvgIpc) is 2.97. The van der Waals surface area contributed by atoms with Crippen LogP contribution in [0.5, 0.6) is 0 Å². The Bertz CT molecular complexity index is 565. The molecule has 0 amide bonds. The molecule has 1 unspecified atom stereocenters. The van der Waals surface area contributed by atoms with Crippen LogP contribution < -0.4 is 5.32 Å². The Morgan fingerprint density at radius 1 is 1.32 bits per heavy atom. The summed E-state index contributed by atoms with van der Waals surface area (Å²) in [6, 6.07) is 12.0. The maximum absolute atomic E-state index is 12.2. The van der Waals surface area contributed by atoms with Gasteiger partial charge >= 0.3 is 5.97 Å². The Morgan fingerprint density at radius 2 is 2.21 bits per heavy atom. The summed E-state index contributed by atoms with van der Waals surface area (Å²) < 4.78 is 5.41. The quantitative estimate of drug-likeness (QED) is 0.874. The number of hydrogen-bond acceptors (Lipinski definition) is 4. The molecule has 1 N–H and O–H groups in total. The highest BCUT2D eigenvalue weighted by molar-refractivity contribution is 7.09. The normalized spacial score (nSPS) is 17.8. The van der Waals surface area contributed by atoms with Crippen LogP contribution in [-0.4, -0.2) is 12.5 Å². The number of rotatable bonds is 3. The van der Waals surface area contributed by atoms with E-state index in [1.54, 1.807) is 11.3 Å². The number of carbonyl (C=O) groups is 1. The minimum atomic E-state index is -0.190. The molecule has 0 saturated carbocycles. The number of esters is 1. The molecule has 0 aliphatic carbocycles. The Kier molecular flexibility index (Phi) is 3.62. The van der Waals surface area contributed by atoms with E-state index in [9.17, 15) is 4.79 Å². The monoisotopic (exact) mass is 273 g/mol. The van der Waals surface area contributed by atoms with Gasteiger partial charge in [0, 0.05) is 18.0 Å². The van der Waals surface area contributed by atoms with Gasteiger partial charge in [0.15, 0.2) is 0 Å². The molecule has 0 bridgehead atoms. The fourth-order valence-electron chi connectivity index (χ4n) is 2.34. The average molecular weight is 273 g/mol. The van der Waals surface area contributed by atoms with E-state index in [-0.39, 0.29) is 11.9 Å². The van der Waals surface area contributed by atoms with Gasteiger partial charge in [0.2, 0.25) is 0 Å². The number of hydrogen-bond donors (Lipinski definition) is 1. The van der Waals surface area contributed by atoms with Crippen LogP contribution in [0, 0.1) is 0 Å². The van der Waals surface area contributed by atoms with Crippen molar-refractivity contribution in [1.29, 1.82) is 0 Å². The summed E-state index contributed by atoms with van der Waals surface area (Å²) in [5, 5.41) is 5.25. The van der Waals surface area contributed by atoms with Crippen LogP contribution in [0.15, 0.2) is 41.8 Å². The van der Waals surface area contributed by atoms with Gasteiger partial charge in [0.25, 0.3) is 0 Å². The van der Waals surface area contributed by atoms with Crippen LogP contribution in [0.4, 0.5) is 0 Å². The third kappa shape index (κ3) is 2.69. The Balaban J connectivity index is 1.71. The lowest BCUT2D eigenvalue weighted by molar-refractivity contribution is -0.146. The number of fused-ring (bicyclic) bond motifs is 1. The van der Waals surface area contributed by atoms with E-state index in [2.05, 4.69) is 11.4 Å². The minimum absolute atomic E-state index is 0.145. The topological polar surface area (TPSA) is 38.3 Å². The fourth-order valence-corrected chi connectivity index (χ4v) is 2.96. The molecule has 1 aliphatic heterocycles. The molecule has 19 heavy (non-hydrogen) atoms. The van der Waals surface area contributed by atoms with Gasteiger partial charge in [-0.3, -0.25) is 4.79 Å². The van der Waals surface area contributed by atoms with Gasteiger partial charge in [-0.05, 0) is 22.6 Å². The summed E-state index contributed by atoms with van der Waals surface area (Å²) in [6.07, 6.45) is 0. The number of nitrogens with one attached hydrogen (secondary N) is 1. The first-order chi connectivity index (χ1) is 9.34. The zero-order chi connectivity index (χ0) is 13.1. The standard InChI is InChI=1S/C15H15NO2S/c17-15(18-10-12-5-3-7-19-12)14-9-16-8-11-4-1-2-6-13(11)14/h1-7,14,16H,8-10H2. The lowest BCUT2D eigenvalue weighted by Gasteiger charge is -2.24. The van der Waals surface area contributed by atoms with Gasteiger partial charge in [0.05, 0.1) is 5.92 Å². The number of thiophene rings is 1. The van der Waals surface area contributed by atoms with Crippen molar-refractivity contribution >= 4 is 17.3 Å². The fraction of sp³-hybridized carbons (Fsp3) is 0.267. The van der Waals surface area contributed by atoms with E-state index in [0.29, 0.717) is 13.2 Å². The molecule has 1 aromatic heterocycles. The zero-order valence-electron chi connectivity index (χ0n) is 10.5. The largest absolute Gasteiger partial charge is 0.459 e. The Labute approximate surface area is 116 Å². The van der Waals surface area contributed by atoms with Gasteiger partial charge in [-0.1, -0.05) is 30.3 Å². The van der Waals surface area contributed by atoms with Crippen LogP contribution in [0.3, 0.4) is 0 Å². The smallest absolute Gasteiger partial charge is 0.315 e. The van der Waals surface area contributed by atoms with Crippen molar-refractivity contribution in [2.24, 2.45) is 0 Å². The van der Waals surface area contributed by atoms with E-state index in [0.717, 1.165) is 17.0 Å². The molecule has 0 spiro atoms. The molecule has 1 atom stereocenters. The lowest BCUT2D eigenvalue weighted by Crippen LogP contribution is -2.33. The van der Waals surface area contributed by atoms with Crippen molar-refractivity contribution in [3.05, 3.63) is 57.8 Å². The lowest BCUT2D eigenvalue weighted by atomic mass is 9.91. The van der Waals surface area contributed by atoms with E-state index < -0.39 is 0 Å². The Hall–Kier alpha value is -1.65. The molecule has 4 heteroatoms. The summed E-state index contributed by atoms with van der Waals surface area (Å²) in [5.74, 6) is -0.335. The van der Waals surface area contributed by atoms with Crippen molar-refractivity contribution in [2.75, 3.05) is 6.54 Å². The first-order valence-electron chi connectivity index (χ1n) is 6.32. The number of benzene rings is 1. The highest BCUT2D eigenvalue weighted by Gasteiger charge is 2.27. The molecule has 0 saturated heterocycles. The maximum Gasteiger partial charge on any atom is 0.315 e. The predicted octanol–water partition coefficient (Wildman–Crippen LogP) is 2.68. The molecule has 1 aromatic carbocycles. The maximum atomic E-state index is 12.2. The summed E-state index contributed by atoms with van der Waals surface area (Å²) >= 11 is 1.60. The molecule has 3 nitrogen and oxygen atoms in total. The van der Waals surface area contributed by atoms with Crippen LogP contribution in [0.2, 0.25) is 0 Å². The molecule has 3 rings (SSSR count). The molecular weight excluding hydrogens is 258 g/mol. The van der Waals surface area contributed by atoms with E-state index >= 15 is 0 Å². The highest BCUT2D eigenvalue weighted by atomic mass is 32.1. The first kappa shape index (κ1) is 12.4. The molecule has 2 aromatic rings. The van der Waals surface area contributed by atoms with Crippen molar-refractivity contribution in [3.63, 3.8) is 0 Å². The molecular formula is C15H15NO2S. The van der Waals surface area contributed by atoms with Gasteiger partial charge in [-0.15, -0.1) is 11.3 Å². The SMILES string of the molecule is O=C(OCc1cccs1)C1CNCc2ccccc21. The Morgan fingerprint density at radius 3 is 3.05 bits per heavy atom. The van der Waals surface area contributed by atoms with E-state index in [1.165, 1.54) is 5.56 Å². The zero-order valence-corrected chi connectivity index (χ0v) is 11.3. The molecule has 0 fully saturated rings. The third-order valence-corrected chi connectivity index (χ3v) is 4.17. The van der Waals surface area contributed by atoms with Gasteiger partial charge in [0.1, 0.15) is 6.61 Å². The highest BCUT2D eigenvalue weighted by Crippen LogP contribution is 2.25. The van der Waals surface area contributed by atoms with Crippen molar-refractivity contribution in [2.45, 2.75) is 19.1 Å². The van der Waals surface area contributed by atoms with Crippen LogP contribution >= 0.6 is 11.3 Å². The second-order valence-corrected chi connectivity index (χ2v) is 5.60. The van der Waals surface area contributed by atoms with Crippen LogP contribution in [0.25, 0.3) is 0 Å². The van der Waals surface area contributed by atoms with Gasteiger partial charge in [-0.2, -0.15) is 0 Å². The summed E-state index contributed by atoms with van der Waals surface area (Å²) in [5.41, 5.74) is 2.28. The second-order valence-electron chi connectivity index (χ2n) is 4.57. The van der Waals surface area contributed by atoms with E-state index in [4.69, 9.17) is 4.74 Å². The van der Waals surface area contributed by atoms with Crippen LogP contribution in [0.1, 0.15) is 21.9 Å². The van der Waals surface area contributed by atoms with Crippen molar-refractivity contribution < 1.29 is 9.53 Å². The predicted molar refractivity (Wildman–Crippen MR) is 75.0 cm³/mol. The van der Waals surface area contributed by atoms with E-state index in [1.807, 2.05) is 35.7 Å². The molecule has 98 valence electrons. The summed E-state index contributed by atoms with van der Waals surface area (Å²) in [4.78, 5) is 13.3. The third-order valence-electron chi connectivity index (χ3n) is 3.32. The number of carbonyl (C=O) groups excluding carboxylic acids is 1. The first-order valence-corrected chi connectivity index (χ1v) is 7.20.